The van der Waals surface area contributed by atoms with E-state index in [2.05, 4.69) is 15.0 Å². The molecule has 0 atom stereocenters. The van der Waals surface area contributed by atoms with Crippen molar-refractivity contribution in [2.75, 3.05) is 5.32 Å². The van der Waals surface area contributed by atoms with E-state index in [1.807, 2.05) is 41.0 Å². The van der Waals surface area contributed by atoms with Gasteiger partial charge in [-0.2, -0.15) is 0 Å². The van der Waals surface area contributed by atoms with Gasteiger partial charge in [-0.05, 0) is 54.1 Å². The van der Waals surface area contributed by atoms with Gasteiger partial charge in [0.05, 0.1) is 17.6 Å². The van der Waals surface area contributed by atoms with Crippen molar-refractivity contribution in [1.82, 2.24) is 9.55 Å². The summed E-state index contributed by atoms with van der Waals surface area (Å²) in [5.74, 6) is -0.595. The molecule has 158 valence electrons. The van der Waals surface area contributed by atoms with Gasteiger partial charge in [-0.1, -0.05) is 35.9 Å². The summed E-state index contributed by atoms with van der Waals surface area (Å²) < 4.78 is 42.6. The number of hydrogen-bond donors (Lipinski definition) is 1. The van der Waals surface area contributed by atoms with Crippen molar-refractivity contribution in [3.8, 4) is 5.75 Å². The molecule has 1 heterocycles. The molecular formula is C22H15ClF3N3O2. The fourth-order valence-corrected chi connectivity index (χ4v) is 3.21. The average Bonchev–Trinajstić information content (AvgIpc) is 3.06. The summed E-state index contributed by atoms with van der Waals surface area (Å²) in [6, 6.07) is 19.4. The van der Waals surface area contributed by atoms with E-state index < -0.39 is 18.0 Å². The van der Waals surface area contributed by atoms with Crippen molar-refractivity contribution < 1.29 is 22.7 Å². The zero-order valence-corrected chi connectivity index (χ0v) is 16.6. The third-order valence-electron chi connectivity index (χ3n) is 4.48. The zero-order chi connectivity index (χ0) is 22.0. The average molecular weight is 446 g/mol. The summed E-state index contributed by atoms with van der Waals surface area (Å²) in [5.41, 5.74) is 2.64. The Bertz CT molecular complexity index is 1220. The fraction of sp³-hybridized carbons (Fsp3) is 0.0909. The molecule has 1 amide bonds. The maximum Gasteiger partial charge on any atom is 0.573 e. The minimum absolute atomic E-state index is 0.166. The first-order valence-electron chi connectivity index (χ1n) is 9.15. The number of aromatic nitrogens is 2. The topological polar surface area (TPSA) is 56.2 Å². The molecule has 0 saturated heterocycles. The zero-order valence-electron chi connectivity index (χ0n) is 15.9. The second-order valence-electron chi connectivity index (χ2n) is 6.66. The molecule has 0 aliphatic heterocycles. The lowest BCUT2D eigenvalue weighted by Gasteiger charge is -2.11. The standard InChI is InChI=1S/C22H15ClF3N3O2/c23-16-9-5-14(6-10-16)13-29-19-4-2-1-3-18(19)27-21(29)28-20(30)15-7-11-17(12-8-15)31-22(24,25)26/h1-12H,13H2,(H,27,28,30). The van der Waals surface area contributed by atoms with Crippen LogP contribution < -0.4 is 10.1 Å². The molecule has 9 heteroatoms. The van der Waals surface area contributed by atoms with E-state index in [0.717, 1.165) is 23.2 Å². The van der Waals surface area contributed by atoms with Crippen LogP contribution in [0, 0.1) is 0 Å². The van der Waals surface area contributed by atoms with Crippen LogP contribution in [0.3, 0.4) is 0 Å². The number of rotatable bonds is 5. The van der Waals surface area contributed by atoms with E-state index in [0.29, 0.717) is 23.0 Å². The van der Waals surface area contributed by atoms with Gasteiger partial charge in [-0.25, -0.2) is 4.98 Å². The Hall–Kier alpha value is -3.52. The largest absolute Gasteiger partial charge is 0.573 e. The van der Waals surface area contributed by atoms with Gasteiger partial charge in [-0.15, -0.1) is 13.2 Å². The van der Waals surface area contributed by atoms with Crippen molar-refractivity contribution in [3.05, 3.63) is 88.9 Å². The number of benzene rings is 3. The van der Waals surface area contributed by atoms with Gasteiger partial charge in [0.15, 0.2) is 0 Å². The van der Waals surface area contributed by atoms with Gasteiger partial charge in [0.2, 0.25) is 5.95 Å². The second-order valence-corrected chi connectivity index (χ2v) is 7.10. The van der Waals surface area contributed by atoms with Crippen LogP contribution in [0.4, 0.5) is 19.1 Å². The number of fused-ring (bicyclic) bond motifs is 1. The van der Waals surface area contributed by atoms with Crippen LogP contribution >= 0.6 is 11.6 Å². The summed E-state index contributed by atoms with van der Waals surface area (Å²) in [7, 11) is 0. The Morgan fingerprint density at radius 1 is 1.00 bits per heavy atom. The monoisotopic (exact) mass is 445 g/mol. The Kier molecular flexibility index (Phi) is 5.56. The van der Waals surface area contributed by atoms with E-state index in [1.165, 1.54) is 12.1 Å². The minimum atomic E-state index is -4.80. The molecule has 0 aliphatic carbocycles. The minimum Gasteiger partial charge on any atom is -0.406 e. The van der Waals surface area contributed by atoms with Crippen molar-refractivity contribution in [1.29, 1.82) is 0 Å². The molecule has 0 aliphatic rings. The first-order chi connectivity index (χ1) is 14.8. The van der Waals surface area contributed by atoms with Crippen molar-refractivity contribution >= 4 is 34.5 Å². The summed E-state index contributed by atoms with van der Waals surface area (Å²) in [5, 5.41) is 3.36. The number of carbonyl (C=O) groups excluding carboxylic acids is 1. The van der Waals surface area contributed by atoms with Crippen LogP contribution in [-0.4, -0.2) is 21.8 Å². The smallest absolute Gasteiger partial charge is 0.406 e. The predicted octanol–water partition coefficient (Wildman–Crippen LogP) is 5.89. The SMILES string of the molecule is O=C(Nc1nc2ccccc2n1Cc1ccc(Cl)cc1)c1ccc(OC(F)(F)F)cc1. The molecule has 0 radical (unpaired) electrons. The van der Waals surface area contributed by atoms with E-state index in [-0.39, 0.29) is 5.56 Å². The summed E-state index contributed by atoms with van der Waals surface area (Å²) in [6.45, 7) is 0.436. The number of hydrogen-bond acceptors (Lipinski definition) is 3. The number of nitrogens with zero attached hydrogens (tertiary/aromatic N) is 2. The fourth-order valence-electron chi connectivity index (χ4n) is 3.09. The molecule has 1 aromatic heterocycles. The Balaban J connectivity index is 1.60. The normalized spacial score (nSPS) is 11.5. The lowest BCUT2D eigenvalue weighted by atomic mass is 10.2. The molecule has 0 fully saturated rings. The molecule has 3 aromatic carbocycles. The number of ether oxygens (including phenoxy) is 1. The molecule has 4 rings (SSSR count). The molecule has 0 spiro atoms. The highest BCUT2D eigenvalue weighted by atomic mass is 35.5. The van der Waals surface area contributed by atoms with Crippen LogP contribution in [0.1, 0.15) is 15.9 Å². The first kappa shape index (κ1) is 20.7. The Morgan fingerprint density at radius 2 is 1.68 bits per heavy atom. The lowest BCUT2D eigenvalue weighted by Crippen LogP contribution is -2.18. The number of imidazole rings is 1. The van der Waals surface area contributed by atoms with Gasteiger partial charge < -0.3 is 9.30 Å². The molecule has 0 unspecified atom stereocenters. The number of anilines is 1. The number of alkyl halides is 3. The van der Waals surface area contributed by atoms with Crippen LogP contribution in [0.25, 0.3) is 11.0 Å². The molecule has 0 bridgehead atoms. The van der Waals surface area contributed by atoms with Crippen molar-refractivity contribution in [2.24, 2.45) is 0 Å². The van der Waals surface area contributed by atoms with Crippen LogP contribution in [0.2, 0.25) is 5.02 Å². The molecule has 0 saturated carbocycles. The maximum absolute atomic E-state index is 12.7. The summed E-state index contributed by atoms with van der Waals surface area (Å²) in [6.07, 6.45) is -4.80. The van der Waals surface area contributed by atoms with Crippen molar-refractivity contribution in [2.45, 2.75) is 12.9 Å². The van der Waals surface area contributed by atoms with E-state index in [9.17, 15) is 18.0 Å². The number of para-hydroxylation sites is 2. The molecule has 1 N–H and O–H groups in total. The van der Waals surface area contributed by atoms with Gasteiger partial charge in [0.25, 0.3) is 5.91 Å². The van der Waals surface area contributed by atoms with Crippen LogP contribution in [-0.2, 0) is 6.54 Å². The highest BCUT2D eigenvalue weighted by molar-refractivity contribution is 6.30. The second kappa shape index (κ2) is 8.31. The third kappa shape index (κ3) is 4.97. The summed E-state index contributed by atoms with van der Waals surface area (Å²) >= 11 is 5.96. The van der Waals surface area contributed by atoms with Crippen molar-refractivity contribution in [3.63, 3.8) is 0 Å². The predicted molar refractivity (Wildman–Crippen MR) is 111 cm³/mol. The highest BCUT2D eigenvalue weighted by Crippen LogP contribution is 2.25. The van der Waals surface area contributed by atoms with E-state index in [4.69, 9.17) is 11.6 Å². The quantitative estimate of drug-likeness (QED) is 0.417. The maximum atomic E-state index is 12.7. The van der Waals surface area contributed by atoms with Gasteiger partial charge in [-0.3, -0.25) is 10.1 Å². The molecule has 5 nitrogen and oxygen atoms in total. The lowest BCUT2D eigenvalue weighted by molar-refractivity contribution is -0.274. The van der Waals surface area contributed by atoms with Gasteiger partial charge in [0, 0.05) is 10.6 Å². The van der Waals surface area contributed by atoms with Gasteiger partial charge in [0.1, 0.15) is 5.75 Å². The molecule has 31 heavy (non-hydrogen) atoms. The Morgan fingerprint density at radius 3 is 2.35 bits per heavy atom. The van der Waals surface area contributed by atoms with E-state index >= 15 is 0 Å². The Labute approximate surface area is 180 Å². The first-order valence-corrected chi connectivity index (χ1v) is 9.53. The molecule has 4 aromatic rings. The number of amides is 1. The van der Waals surface area contributed by atoms with Crippen LogP contribution in [0.5, 0.6) is 5.75 Å². The van der Waals surface area contributed by atoms with Gasteiger partial charge >= 0.3 is 6.36 Å². The highest BCUT2D eigenvalue weighted by Gasteiger charge is 2.31. The molecular weight excluding hydrogens is 431 g/mol. The van der Waals surface area contributed by atoms with E-state index in [1.54, 1.807) is 12.1 Å². The number of carbonyl (C=O) groups is 1. The number of nitrogens with one attached hydrogen (secondary N) is 1. The van der Waals surface area contributed by atoms with Crippen LogP contribution in [0.15, 0.2) is 72.8 Å². The summed E-state index contributed by atoms with van der Waals surface area (Å²) in [4.78, 5) is 17.2. The number of halogens is 4. The third-order valence-corrected chi connectivity index (χ3v) is 4.74.